The monoisotopic (exact) mass is 286 g/mol. The Morgan fingerprint density at radius 1 is 0.824 bits per heavy atom. The highest BCUT2D eigenvalue weighted by Crippen LogP contribution is 1.81. The van der Waals surface area contributed by atoms with Crippen LogP contribution in [0.15, 0.2) is 0 Å². The van der Waals surface area contributed by atoms with Crippen molar-refractivity contribution in [2.45, 2.75) is 19.8 Å². The zero-order valence-electron chi connectivity index (χ0n) is 10.9. The number of alkyl halides is 2. The summed E-state index contributed by atoms with van der Waals surface area (Å²) in [6, 6.07) is 0. The number of nitrogens with one attached hydrogen (secondary N) is 1. The first-order chi connectivity index (χ1) is 8.35. The molecular formula is C12H26Cl2NO2+. The van der Waals surface area contributed by atoms with Crippen LogP contribution in [-0.4, -0.2) is 57.8 Å². The second-order valence-corrected chi connectivity index (χ2v) is 4.71. The van der Waals surface area contributed by atoms with Gasteiger partial charge in [-0.25, -0.2) is 0 Å². The highest BCUT2D eigenvalue weighted by Gasteiger charge is 2.07. The van der Waals surface area contributed by atoms with Crippen LogP contribution in [0.5, 0.6) is 0 Å². The molecule has 0 aromatic heterocycles. The van der Waals surface area contributed by atoms with Gasteiger partial charge in [-0.15, -0.1) is 23.2 Å². The van der Waals surface area contributed by atoms with Crippen LogP contribution in [0.1, 0.15) is 19.8 Å². The molecule has 0 aliphatic carbocycles. The normalized spacial score (nSPS) is 11.3. The zero-order valence-corrected chi connectivity index (χ0v) is 12.4. The maximum Gasteiger partial charge on any atom is 0.101 e. The van der Waals surface area contributed by atoms with Crippen molar-refractivity contribution in [1.29, 1.82) is 0 Å². The van der Waals surface area contributed by atoms with Crippen LogP contribution in [-0.2, 0) is 9.47 Å². The van der Waals surface area contributed by atoms with E-state index in [1.807, 2.05) is 0 Å². The molecule has 0 aliphatic rings. The van der Waals surface area contributed by atoms with Gasteiger partial charge in [0.25, 0.3) is 0 Å². The SMILES string of the molecule is CCCC[NH+](CCOCCCl)CCOCCCl. The lowest BCUT2D eigenvalue weighted by Gasteiger charge is -2.19. The number of halogens is 2. The Kier molecular flexibility index (Phi) is 14.9. The van der Waals surface area contributed by atoms with Gasteiger partial charge in [-0.1, -0.05) is 13.3 Å². The predicted octanol–water partition coefficient (Wildman–Crippen LogP) is 1.18. The smallest absolute Gasteiger partial charge is 0.101 e. The minimum atomic E-state index is 0.573. The first-order valence-electron chi connectivity index (χ1n) is 6.46. The van der Waals surface area contributed by atoms with Gasteiger partial charge in [0.2, 0.25) is 0 Å². The highest BCUT2D eigenvalue weighted by atomic mass is 35.5. The number of hydrogen-bond acceptors (Lipinski definition) is 2. The molecule has 0 aromatic carbocycles. The molecular weight excluding hydrogens is 261 g/mol. The number of rotatable bonds is 13. The van der Waals surface area contributed by atoms with Crippen molar-refractivity contribution in [2.24, 2.45) is 0 Å². The number of unbranched alkanes of at least 4 members (excludes halogenated alkanes) is 1. The van der Waals surface area contributed by atoms with Crippen molar-refractivity contribution >= 4 is 23.2 Å². The summed E-state index contributed by atoms with van der Waals surface area (Å²) in [5, 5.41) is 0. The van der Waals surface area contributed by atoms with Crippen molar-refractivity contribution in [2.75, 3.05) is 57.8 Å². The molecule has 0 atom stereocenters. The van der Waals surface area contributed by atoms with E-state index in [-0.39, 0.29) is 0 Å². The van der Waals surface area contributed by atoms with Gasteiger partial charge in [0.15, 0.2) is 0 Å². The fourth-order valence-corrected chi connectivity index (χ4v) is 1.77. The Balaban J connectivity index is 3.56. The van der Waals surface area contributed by atoms with E-state index in [0.717, 1.165) is 26.3 Å². The van der Waals surface area contributed by atoms with E-state index in [2.05, 4.69) is 6.92 Å². The fraction of sp³-hybridized carbons (Fsp3) is 1.00. The van der Waals surface area contributed by atoms with E-state index in [1.54, 1.807) is 0 Å². The summed E-state index contributed by atoms with van der Waals surface area (Å²) in [6.07, 6.45) is 2.48. The van der Waals surface area contributed by atoms with E-state index in [0.29, 0.717) is 25.0 Å². The summed E-state index contributed by atoms with van der Waals surface area (Å²) >= 11 is 11.1. The Morgan fingerprint density at radius 3 is 1.76 bits per heavy atom. The topological polar surface area (TPSA) is 22.9 Å². The summed E-state index contributed by atoms with van der Waals surface area (Å²) in [6.45, 7) is 8.30. The Bertz CT molecular complexity index is 138. The fourth-order valence-electron chi connectivity index (χ4n) is 1.55. The van der Waals surface area contributed by atoms with Gasteiger partial charge in [0.1, 0.15) is 13.1 Å². The van der Waals surface area contributed by atoms with Crippen LogP contribution < -0.4 is 4.90 Å². The average molecular weight is 287 g/mol. The summed E-state index contributed by atoms with van der Waals surface area (Å²) in [5.74, 6) is 1.15. The van der Waals surface area contributed by atoms with Gasteiger partial charge >= 0.3 is 0 Å². The molecule has 0 aliphatic heterocycles. The Labute approximate surface area is 115 Å². The molecule has 0 spiro atoms. The molecule has 3 nitrogen and oxygen atoms in total. The second kappa shape index (κ2) is 14.5. The summed E-state index contributed by atoms with van der Waals surface area (Å²) in [7, 11) is 0. The molecule has 0 rings (SSSR count). The first kappa shape index (κ1) is 17.5. The first-order valence-corrected chi connectivity index (χ1v) is 7.53. The molecule has 0 radical (unpaired) electrons. The maximum atomic E-state index is 5.55. The van der Waals surface area contributed by atoms with Gasteiger partial charge in [0, 0.05) is 11.8 Å². The molecule has 0 saturated carbocycles. The van der Waals surface area contributed by atoms with Crippen LogP contribution in [0.25, 0.3) is 0 Å². The molecule has 0 aromatic rings. The minimum absolute atomic E-state index is 0.573. The number of hydrogen-bond donors (Lipinski definition) is 1. The van der Waals surface area contributed by atoms with Gasteiger partial charge in [-0.3, -0.25) is 0 Å². The average Bonchev–Trinajstić information content (AvgIpc) is 2.35. The second-order valence-electron chi connectivity index (χ2n) is 3.96. The van der Waals surface area contributed by atoms with E-state index < -0.39 is 0 Å². The summed E-state index contributed by atoms with van der Waals surface area (Å²) in [5.41, 5.74) is 0. The summed E-state index contributed by atoms with van der Waals surface area (Å²) in [4.78, 5) is 1.54. The third-order valence-electron chi connectivity index (χ3n) is 2.53. The maximum absolute atomic E-state index is 5.55. The lowest BCUT2D eigenvalue weighted by atomic mass is 10.3. The lowest BCUT2D eigenvalue weighted by Crippen LogP contribution is -3.13. The highest BCUT2D eigenvalue weighted by molar-refractivity contribution is 6.18. The predicted molar refractivity (Wildman–Crippen MR) is 73.5 cm³/mol. The van der Waals surface area contributed by atoms with Crippen molar-refractivity contribution in [1.82, 2.24) is 0 Å². The molecule has 104 valence electrons. The molecule has 0 bridgehead atoms. The van der Waals surface area contributed by atoms with Crippen molar-refractivity contribution in [3.8, 4) is 0 Å². The van der Waals surface area contributed by atoms with Crippen molar-refractivity contribution < 1.29 is 14.4 Å². The molecule has 1 N–H and O–H groups in total. The quantitative estimate of drug-likeness (QED) is 0.406. The van der Waals surface area contributed by atoms with Gasteiger partial charge in [0.05, 0.1) is 33.0 Å². The standard InChI is InChI=1S/C12H25Cl2NO2/c1-2-3-6-15(7-11-16-9-4-13)8-12-17-10-5-14/h2-12H2,1H3/p+1. The molecule has 0 unspecified atom stereocenters. The van der Waals surface area contributed by atoms with Gasteiger partial charge < -0.3 is 14.4 Å². The third-order valence-corrected chi connectivity index (χ3v) is 2.84. The molecule has 0 fully saturated rings. The molecule has 0 saturated heterocycles. The number of ether oxygens (including phenoxy) is 2. The Hall–Kier alpha value is 0.460. The van der Waals surface area contributed by atoms with Crippen LogP contribution >= 0.6 is 23.2 Å². The summed E-state index contributed by atoms with van der Waals surface area (Å²) < 4.78 is 10.8. The zero-order chi connectivity index (χ0) is 12.8. The van der Waals surface area contributed by atoms with E-state index >= 15 is 0 Å². The van der Waals surface area contributed by atoms with Crippen molar-refractivity contribution in [3.05, 3.63) is 0 Å². The Morgan fingerprint density at radius 2 is 1.35 bits per heavy atom. The van der Waals surface area contributed by atoms with E-state index in [4.69, 9.17) is 32.7 Å². The lowest BCUT2D eigenvalue weighted by molar-refractivity contribution is -0.901. The van der Waals surface area contributed by atoms with Gasteiger partial charge in [-0.2, -0.15) is 0 Å². The van der Waals surface area contributed by atoms with Crippen LogP contribution in [0.2, 0.25) is 0 Å². The molecule has 0 amide bonds. The van der Waals surface area contributed by atoms with Crippen LogP contribution in [0, 0.1) is 0 Å². The van der Waals surface area contributed by atoms with Crippen LogP contribution in [0.4, 0.5) is 0 Å². The molecule has 0 heterocycles. The van der Waals surface area contributed by atoms with E-state index in [1.165, 1.54) is 24.3 Å². The van der Waals surface area contributed by atoms with Gasteiger partial charge in [-0.05, 0) is 6.42 Å². The van der Waals surface area contributed by atoms with Crippen LogP contribution in [0.3, 0.4) is 0 Å². The molecule has 17 heavy (non-hydrogen) atoms. The van der Waals surface area contributed by atoms with E-state index in [9.17, 15) is 0 Å². The molecule has 5 heteroatoms. The minimum Gasteiger partial charge on any atom is -0.374 e. The number of quaternary nitrogens is 1. The van der Waals surface area contributed by atoms with Crippen molar-refractivity contribution in [3.63, 3.8) is 0 Å². The largest absolute Gasteiger partial charge is 0.374 e. The third kappa shape index (κ3) is 12.7.